The Morgan fingerprint density at radius 2 is 1.84 bits per heavy atom. The van der Waals surface area contributed by atoms with E-state index in [1.165, 1.54) is 42.3 Å². The number of methoxy groups -OCH3 is 1. The molecule has 0 fully saturated rings. The Balaban J connectivity index is 1.70. The van der Waals surface area contributed by atoms with Crippen molar-refractivity contribution in [1.29, 1.82) is 0 Å². The van der Waals surface area contributed by atoms with Gasteiger partial charge in [0.1, 0.15) is 5.69 Å². The predicted octanol–water partition coefficient (Wildman–Crippen LogP) is 4.67. The highest BCUT2D eigenvalue weighted by Crippen LogP contribution is 2.31. The van der Waals surface area contributed by atoms with Crippen molar-refractivity contribution in [2.75, 3.05) is 7.11 Å². The highest BCUT2D eigenvalue weighted by atomic mass is 32.1. The first-order chi connectivity index (χ1) is 14.9. The van der Waals surface area contributed by atoms with Gasteiger partial charge in [0.25, 0.3) is 5.69 Å². The molecular weight excluding hydrogens is 430 g/mol. The summed E-state index contributed by atoms with van der Waals surface area (Å²) >= 11 is 1.16. The van der Waals surface area contributed by atoms with Crippen LogP contribution in [0.1, 0.15) is 10.4 Å². The molecule has 0 atom stereocenters. The summed E-state index contributed by atoms with van der Waals surface area (Å²) in [5.41, 5.74) is 1.55. The van der Waals surface area contributed by atoms with E-state index < -0.39 is 22.3 Å². The zero-order chi connectivity index (χ0) is 22.1. The molecule has 0 aliphatic rings. The van der Waals surface area contributed by atoms with E-state index >= 15 is 0 Å². The highest BCUT2D eigenvalue weighted by Gasteiger charge is 2.17. The zero-order valence-electron chi connectivity index (χ0n) is 15.8. The number of halogens is 2. The monoisotopic (exact) mass is 442 g/mol. The van der Waals surface area contributed by atoms with Gasteiger partial charge >= 0.3 is 0 Å². The average molecular weight is 442 g/mol. The fourth-order valence-electron chi connectivity index (χ4n) is 2.94. The average Bonchev–Trinajstić information content (AvgIpc) is 3.41. The van der Waals surface area contributed by atoms with E-state index in [2.05, 4.69) is 14.8 Å². The number of benzene rings is 2. The van der Waals surface area contributed by atoms with E-state index in [1.54, 1.807) is 5.38 Å². The SMILES string of the molecule is COc1c(F)cc(-c2csc(-n3cc(C=O)c(-c4ccc([N+](=O)[O-])cc4)n3)n2)cc1F. The van der Waals surface area contributed by atoms with Gasteiger partial charge in [-0.05, 0) is 24.3 Å². The molecule has 0 spiro atoms. The number of nitro benzene ring substituents is 1. The van der Waals surface area contributed by atoms with Gasteiger partial charge in [-0.3, -0.25) is 14.9 Å². The van der Waals surface area contributed by atoms with Gasteiger partial charge < -0.3 is 4.74 Å². The summed E-state index contributed by atoms with van der Waals surface area (Å²) in [4.78, 5) is 26.2. The fraction of sp³-hybridized carbons (Fsp3) is 0.0500. The van der Waals surface area contributed by atoms with Crippen LogP contribution in [0, 0.1) is 21.7 Å². The van der Waals surface area contributed by atoms with Crippen molar-refractivity contribution >= 4 is 23.3 Å². The summed E-state index contributed by atoms with van der Waals surface area (Å²) in [6, 6.07) is 7.85. The van der Waals surface area contributed by atoms with Gasteiger partial charge in [0.05, 0.1) is 23.3 Å². The molecule has 2 aromatic carbocycles. The molecule has 0 N–H and O–H groups in total. The van der Waals surface area contributed by atoms with Crippen molar-refractivity contribution in [3.8, 4) is 33.4 Å². The van der Waals surface area contributed by atoms with Crippen LogP contribution in [0.3, 0.4) is 0 Å². The summed E-state index contributed by atoms with van der Waals surface area (Å²) in [6.45, 7) is 0. The molecule has 2 aromatic heterocycles. The topological polar surface area (TPSA) is 100 Å². The van der Waals surface area contributed by atoms with Gasteiger partial charge in [0.2, 0.25) is 5.13 Å². The first kappa shape index (κ1) is 20.3. The van der Waals surface area contributed by atoms with Crippen LogP contribution in [0.5, 0.6) is 5.75 Å². The molecule has 0 radical (unpaired) electrons. The number of hydrogen-bond acceptors (Lipinski definition) is 7. The van der Waals surface area contributed by atoms with Gasteiger partial charge in [-0.25, -0.2) is 18.4 Å². The molecule has 4 aromatic rings. The standard InChI is InChI=1S/C20H12F2N4O4S/c1-30-19-15(21)6-12(7-16(19)22)17-10-31-20(23-17)25-8-13(9-27)18(24-25)11-2-4-14(5-3-11)26(28)29/h2-10H,1H3. The van der Waals surface area contributed by atoms with Crippen LogP contribution >= 0.6 is 11.3 Å². The van der Waals surface area contributed by atoms with E-state index in [0.29, 0.717) is 28.4 Å². The van der Waals surface area contributed by atoms with Crippen molar-refractivity contribution < 1.29 is 23.2 Å². The van der Waals surface area contributed by atoms with Crippen molar-refractivity contribution in [2.24, 2.45) is 0 Å². The molecule has 31 heavy (non-hydrogen) atoms. The number of carbonyl (C=O) groups excluding carboxylic acids is 1. The Hall–Kier alpha value is -3.99. The Labute approximate surface area is 177 Å². The van der Waals surface area contributed by atoms with Gasteiger partial charge in [-0.1, -0.05) is 0 Å². The molecule has 8 nitrogen and oxygen atoms in total. The molecule has 0 saturated carbocycles. The Kier molecular flexibility index (Phi) is 5.26. The third kappa shape index (κ3) is 3.78. The number of carbonyl (C=O) groups is 1. The predicted molar refractivity (Wildman–Crippen MR) is 109 cm³/mol. The van der Waals surface area contributed by atoms with E-state index in [0.717, 1.165) is 23.5 Å². The lowest BCUT2D eigenvalue weighted by Gasteiger charge is -2.05. The Morgan fingerprint density at radius 3 is 2.42 bits per heavy atom. The number of hydrogen-bond donors (Lipinski definition) is 0. The summed E-state index contributed by atoms with van der Waals surface area (Å²) in [5.74, 6) is -2.18. The summed E-state index contributed by atoms with van der Waals surface area (Å²) in [6.07, 6.45) is 2.07. The second-order valence-electron chi connectivity index (χ2n) is 6.29. The van der Waals surface area contributed by atoms with Crippen LogP contribution in [0.4, 0.5) is 14.5 Å². The van der Waals surface area contributed by atoms with Crippen molar-refractivity contribution in [3.05, 3.63) is 75.3 Å². The maximum atomic E-state index is 14.0. The number of nitro groups is 1. The second kappa shape index (κ2) is 8.03. The van der Waals surface area contributed by atoms with Gasteiger partial charge in [-0.2, -0.15) is 5.10 Å². The maximum Gasteiger partial charge on any atom is 0.269 e. The molecule has 4 rings (SSSR count). The van der Waals surface area contributed by atoms with E-state index in [4.69, 9.17) is 0 Å². The van der Waals surface area contributed by atoms with Crippen LogP contribution < -0.4 is 4.74 Å². The molecular formula is C20H12F2N4O4S. The highest BCUT2D eigenvalue weighted by molar-refractivity contribution is 7.12. The van der Waals surface area contributed by atoms with Crippen LogP contribution in [0.25, 0.3) is 27.6 Å². The summed E-state index contributed by atoms with van der Waals surface area (Å²) < 4.78 is 34.1. The molecule has 0 amide bonds. The summed E-state index contributed by atoms with van der Waals surface area (Å²) in [7, 11) is 1.17. The molecule has 0 saturated heterocycles. The van der Waals surface area contributed by atoms with Crippen molar-refractivity contribution in [3.63, 3.8) is 0 Å². The van der Waals surface area contributed by atoms with Crippen molar-refractivity contribution in [2.45, 2.75) is 0 Å². The van der Waals surface area contributed by atoms with Crippen molar-refractivity contribution in [1.82, 2.24) is 14.8 Å². The lowest BCUT2D eigenvalue weighted by atomic mass is 10.1. The number of non-ortho nitro benzene ring substituents is 1. The molecule has 0 aliphatic heterocycles. The van der Waals surface area contributed by atoms with Gasteiger partial charge in [0.15, 0.2) is 23.7 Å². The first-order valence-electron chi connectivity index (χ1n) is 8.70. The van der Waals surface area contributed by atoms with Crippen LogP contribution in [0.15, 0.2) is 48.0 Å². The second-order valence-corrected chi connectivity index (χ2v) is 7.12. The Morgan fingerprint density at radius 1 is 1.16 bits per heavy atom. The van der Waals surface area contributed by atoms with E-state index in [9.17, 15) is 23.7 Å². The number of aromatic nitrogens is 3. The lowest BCUT2D eigenvalue weighted by Crippen LogP contribution is -1.96. The molecule has 156 valence electrons. The number of thiazole rings is 1. The van der Waals surface area contributed by atoms with E-state index in [1.807, 2.05) is 0 Å². The number of nitrogens with zero attached hydrogens (tertiary/aromatic N) is 4. The van der Waals surface area contributed by atoms with Crippen LogP contribution in [0.2, 0.25) is 0 Å². The molecule has 2 heterocycles. The molecule has 0 unspecified atom stereocenters. The molecule has 0 bridgehead atoms. The third-order valence-corrected chi connectivity index (χ3v) is 5.24. The number of aldehydes is 1. The minimum Gasteiger partial charge on any atom is -0.491 e. The first-order valence-corrected chi connectivity index (χ1v) is 9.58. The smallest absolute Gasteiger partial charge is 0.269 e. The van der Waals surface area contributed by atoms with Gasteiger partial charge in [0, 0.05) is 34.8 Å². The fourth-order valence-corrected chi connectivity index (χ4v) is 3.70. The van der Waals surface area contributed by atoms with Crippen LogP contribution in [-0.2, 0) is 0 Å². The Bertz CT molecular complexity index is 1280. The van der Waals surface area contributed by atoms with Gasteiger partial charge in [-0.15, -0.1) is 11.3 Å². The molecule has 11 heteroatoms. The number of ether oxygens (including phenoxy) is 1. The summed E-state index contributed by atoms with van der Waals surface area (Å²) in [5, 5.41) is 17.2. The quantitative estimate of drug-likeness (QED) is 0.244. The largest absolute Gasteiger partial charge is 0.491 e. The normalized spacial score (nSPS) is 10.8. The number of rotatable bonds is 6. The lowest BCUT2D eigenvalue weighted by molar-refractivity contribution is -0.384. The third-order valence-electron chi connectivity index (χ3n) is 4.41. The minimum absolute atomic E-state index is 0.0839. The minimum atomic E-state index is -0.852. The van der Waals surface area contributed by atoms with E-state index in [-0.39, 0.29) is 16.8 Å². The maximum absolute atomic E-state index is 14.0. The van der Waals surface area contributed by atoms with Crippen LogP contribution in [-0.4, -0.2) is 33.1 Å². The molecule has 0 aliphatic carbocycles. The zero-order valence-corrected chi connectivity index (χ0v) is 16.6.